The smallest absolute Gasteiger partial charge is 0.231 e. The van der Waals surface area contributed by atoms with Gasteiger partial charge >= 0.3 is 0 Å². The molecule has 0 aliphatic heterocycles. The molecule has 0 bridgehead atoms. The molecule has 0 aromatic heterocycles. The highest BCUT2D eigenvalue weighted by Gasteiger charge is 2.14. The van der Waals surface area contributed by atoms with Crippen molar-refractivity contribution in [2.24, 2.45) is 0 Å². The van der Waals surface area contributed by atoms with Crippen molar-refractivity contribution in [3.8, 4) is 0 Å². The van der Waals surface area contributed by atoms with Crippen LogP contribution in [0.4, 0.5) is 11.4 Å². The van der Waals surface area contributed by atoms with Gasteiger partial charge in [0.2, 0.25) is 11.8 Å². The van der Waals surface area contributed by atoms with Crippen molar-refractivity contribution < 1.29 is 19.2 Å². The number of benzene rings is 1. The van der Waals surface area contributed by atoms with Crippen LogP contribution < -0.4 is 10.6 Å². The van der Waals surface area contributed by atoms with Crippen molar-refractivity contribution in [1.82, 2.24) is 0 Å². The van der Waals surface area contributed by atoms with E-state index in [4.69, 9.17) is 11.6 Å². The van der Waals surface area contributed by atoms with Crippen molar-refractivity contribution in [1.29, 1.82) is 0 Å². The largest absolute Gasteiger partial charge is 0.325 e. The number of hydrogen-bond acceptors (Lipinski definition) is 4. The fourth-order valence-corrected chi connectivity index (χ4v) is 2.17. The molecule has 0 fully saturated rings. The van der Waals surface area contributed by atoms with E-state index in [0.29, 0.717) is 17.8 Å². The van der Waals surface area contributed by atoms with E-state index in [0.717, 1.165) is 5.56 Å². The maximum Gasteiger partial charge on any atom is 0.231 e. The standard InChI is InChI=1S/C16H19ClN2O4/c1-4-11-7-14(19-16(23)6-10(3)21)12(17)8-13(11)18-15(22)5-9(2)20/h7-8H,4-6H2,1-3H3,(H,18,22)(H,19,23). The number of ketones is 2. The number of nitrogens with one attached hydrogen (secondary N) is 2. The lowest BCUT2D eigenvalue weighted by Gasteiger charge is -2.14. The van der Waals surface area contributed by atoms with Crippen molar-refractivity contribution in [3.63, 3.8) is 0 Å². The zero-order valence-corrected chi connectivity index (χ0v) is 14.0. The van der Waals surface area contributed by atoms with Crippen LogP contribution in [0.3, 0.4) is 0 Å². The molecule has 6 nitrogen and oxygen atoms in total. The van der Waals surface area contributed by atoms with Crippen LogP contribution >= 0.6 is 11.6 Å². The van der Waals surface area contributed by atoms with Crippen LogP contribution in [0.15, 0.2) is 12.1 Å². The van der Waals surface area contributed by atoms with Gasteiger partial charge in [-0.05, 0) is 38.0 Å². The second-order valence-corrected chi connectivity index (χ2v) is 5.60. The third kappa shape index (κ3) is 6.20. The van der Waals surface area contributed by atoms with Crippen molar-refractivity contribution in [2.45, 2.75) is 40.0 Å². The quantitative estimate of drug-likeness (QED) is 0.748. The molecular formula is C16H19ClN2O4. The first kappa shape index (κ1) is 18.8. The molecule has 1 aromatic carbocycles. The van der Waals surface area contributed by atoms with Crippen molar-refractivity contribution in [3.05, 3.63) is 22.7 Å². The molecule has 0 atom stereocenters. The summed E-state index contributed by atoms with van der Waals surface area (Å²) in [5.74, 6) is -1.35. The Morgan fingerprint density at radius 1 is 0.913 bits per heavy atom. The van der Waals surface area contributed by atoms with Crippen LogP contribution in [0, 0.1) is 0 Å². The number of Topliss-reactive ketones (excluding diaryl/α,β-unsaturated/α-hetero) is 2. The third-order valence-corrected chi connectivity index (χ3v) is 3.25. The first-order valence-electron chi connectivity index (χ1n) is 7.14. The number of anilines is 2. The monoisotopic (exact) mass is 338 g/mol. The Balaban J connectivity index is 2.98. The SMILES string of the molecule is CCc1cc(NC(=O)CC(C)=O)c(Cl)cc1NC(=O)CC(C)=O. The summed E-state index contributed by atoms with van der Waals surface area (Å²) in [4.78, 5) is 45.3. The minimum atomic E-state index is -0.449. The zero-order valence-electron chi connectivity index (χ0n) is 13.3. The highest BCUT2D eigenvalue weighted by molar-refractivity contribution is 6.34. The van der Waals surface area contributed by atoms with E-state index in [9.17, 15) is 19.2 Å². The van der Waals surface area contributed by atoms with Crippen LogP contribution in [-0.2, 0) is 25.6 Å². The molecule has 0 aliphatic carbocycles. The average molecular weight is 339 g/mol. The molecule has 7 heteroatoms. The molecule has 23 heavy (non-hydrogen) atoms. The van der Waals surface area contributed by atoms with Crippen LogP contribution in [-0.4, -0.2) is 23.4 Å². The predicted molar refractivity (Wildman–Crippen MR) is 88.7 cm³/mol. The number of hydrogen-bond donors (Lipinski definition) is 2. The van der Waals surface area contributed by atoms with Crippen LogP contribution in [0.25, 0.3) is 0 Å². The summed E-state index contributed by atoms with van der Waals surface area (Å²) in [5.41, 5.74) is 1.62. The molecule has 1 aromatic rings. The van der Waals surface area contributed by atoms with Gasteiger partial charge in [-0.1, -0.05) is 18.5 Å². The number of carbonyl (C=O) groups is 4. The van der Waals surface area contributed by atoms with Gasteiger partial charge in [-0.2, -0.15) is 0 Å². The lowest BCUT2D eigenvalue weighted by atomic mass is 10.1. The van der Waals surface area contributed by atoms with Crippen LogP contribution in [0.5, 0.6) is 0 Å². The predicted octanol–water partition coefficient (Wildman–Crippen LogP) is 2.74. The van der Waals surface area contributed by atoms with Gasteiger partial charge in [0.15, 0.2) is 0 Å². The molecule has 0 unspecified atom stereocenters. The topological polar surface area (TPSA) is 92.3 Å². The zero-order chi connectivity index (χ0) is 17.6. The molecule has 0 radical (unpaired) electrons. The fraction of sp³-hybridized carbons (Fsp3) is 0.375. The Bertz CT molecular complexity index is 656. The summed E-state index contributed by atoms with van der Waals surface area (Å²) < 4.78 is 0. The van der Waals surface area contributed by atoms with Crippen LogP contribution in [0.1, 0.15) is 39.2 Å². The summed E-state index contributed by atoms with van der Waals surface area (Å²) in [5, 5.41) is 5.44. The summed E-state index contributed by atoms with van der Waals surface area (Å²) in [6, 6.07) is 3.16. The van der Waals surface area contributed by atoms with Gasteiger partial charge in [-0.15, -0.1) is 0 Å². The van der Waals surface area contributed by atoms with Crippen molar-refractivity contribution >= 4 is 46.4 Å². The number of amides is 2. The first-order chi connectivity index (χ1) is 10.7. The van der Waals surface area contributed by atoms with E-state index in [1.54, 1.807) is 6.07 Å². The second kappa shape index (κ2) is 8.43. The van der Waals surface area contributed by atoms with E-state index in [2.05, 4.69) is 10.6 Å². The molecule has 124 valence electrons. The molecule has 1 rings (SSSR count). The van der Waals surface area contributed by atoms with Gasteiger partial charge in [0.1, 0.15) is 11.6 Å². The average Bonchev–Trinajstić information content (AvgIpc) is 2.39. The van der Waals surface area contributed by atoms with E-state index in [1.807, 2.05) is 6.92 Å². The first-order valence-corrected chi connectivity index (χ1v) is 7.51. The van der Waals surface area contributed by atoms with Gasteiger partial charge in [0.25, 0.3) is 0 Å². The van der Waals surface area contributed by atoms with E-state index in [1.165, 1.54) is 19.9 Å². The van der Waals surface area contributed by atoms with Crippen molar-refractivity contribution in [2.75, 3.05) is 10.6 Å². The van der Waals surface area contributed by atoms with Gasteiger partial charge in [-0.25, -0.2) is 0 Å². The number of carbonyl (C=O) groups excluding carboxylic acids is 4. The number of rotatable bonds is 7. The summed E-state index contributed by atoms with van der Waals surface area (Å²) in [7, 11) is 0. The number of halogens is 1. The minimum absolute atomic E-state index is 0.210. The molecule has 0 saturated heterocycles. The third-order valence-electron chi connectivity index (χ3n) is 2.94. The molecule has 0 heterocycles. The van der Waals surface area contributed by atoms with E-state index < -0.39 is 11.8 Å². The Morgan fingerprint density at radius 2 is 1.39 bits per heavy atom. The van der Waals surface area contributed by atoms with Gasteiger partial charge < -0.3 is 10.6 Å². The minimum Gasteiger partial charge on any atom is -0.325 e. The Morgan fingerprint density at radius 3 is 1.83 bits per heavy atom. The maximum absolute atomic E-state index is 11.7. The molecule has 0 saturated carbocycles. The normalized spacial score (nSPS) is 10.1. The number of aryl methyl sites for hydroxylation is 1. The molecular weight excluding hydrogens is 320 g/mol. The lowest BCUT2D eigenvalue weighted by molar-refractivity contribution is -0.125. The van der Waals surface area contributed by atoms with E-state index in [-0.39, 0.29) is 29.4 Å². The molecule has 2 N–H and O–H groups in total. The summed E-state index contributed by atoms with van der Waals surface area (Å²) in [6.07, 6.45) is 0.148. The molecule has 0 aliphatic rings. The van der Waals surface area contributed by atoms with Gasteiger partial charge in [0, 0.05) is 5.69 Å². The van der Waals surface area contributed by atoms with E-state index >= 15 is 0 Å². The Labute approximate surface area is 139 Å². The maximum atomic E-state index is 11.7. The highest BCUT2D eigenvalue weighted by Crippen LogP contribution is 2.30. The molecule has 0 spiro atoms. The summed E-state index contributed by atoms with van der Waals surface area (Å²) >= 11 is 6.11. The molecule has 2 amide bonds. The Hall–Kier alpha value is -2.21. The van der Waals surface area contributed by atoms with Gasteiger partial charge in [0.05, 0.1) is 23.6 Å². The Kier molecular flexibility index (Phi) is 6.90. The lowest BCUT2D eigenvalue weighted by Crippen LogP contribution is -2.17. The second-order valence-electron chi connectivity index (χ2n) is 5.20. The van der Waals surface area contributed by atoms with Gasteiger partial charge in [-0.3, -0.25) is 19.2 Å². The summed E-state index contributed by atoms with van der Waals surface area (Å²) in [6.45, 7) is 4.54. The highest BCUT2D eigenvalue weighted by atomic mass is 35.5. The van der Waals surface area contributed by atoms with Crippen LogP contribution in [0.2, 0.25) is 5.02 Å². The fourth-order valence-electron chi connectivity index (χ4n) is 1.96.